The van der Waals surface area contributed by atoms with Crippen LogP contribution in [0.4, 0.5) is 4.39 Å². The zero-order chi connectivity index (χ0) is 16.5. The molecule has 3 aromatic rings. The first-order chi connectivity index (χ1) is 11.7. The number of rotatable bonds is 3. The Bertz CT molecular complexity index is 850. The van der Waals surface area contributed by atoms with Gasteiger partial charge < -0.3 is 9.88 Å². The second-order valence-electron chi connectivity index (χ2n) is 6.03. The summed E-state index contributed by atoms with van der Waals surface area (Å²) in [6.45, 7) is 4.05. The lowest BCUT2D eigenvalue weighted by Gasteiger charge is -2.34. The molecule has 0 aliphatic carbocycles. The number of halogens is 1. The van der Waals surface area contributed by atoms with Gasteiger partial charge in [-0.1, -0.05) is 12.1 Å². The van der Waals surface area contributed by atoms with Gasteiger partial charge in [-0.25, -0.2) is 4.39 Å². The average molecular weight is 343 g/mol. The summed E-state index contributed by atoms with van der Waals surface area (Å²) >= 11 is 1.76. The Hall–Kier alpha value is -2.18. The molecule has 1 N–H and O–H groups in total. The summed E-state index contributed by atoms with van der Waals surface area (Å²) in [6, 6.07) is 10.7. The standard InChI is InChI=1S/C18H18FN3OS/c19-15-4-1-5-16-14(15)11-17(20-16)18(23)22-8-6-21(7-9-22)12-13-3-2-10-24-13/h1-5,10-11,20H,6-9,12H2. The Balaban J connectivity index is 1.42. The van der Waals surface area contributed by atoms with Crippen molar-refractivity contribution in [3.8, 4) is 0 Å². The zero-order valence-corrected chi connectivity index (χ0v) is 14.0. The number of carbonyl (C=O) groups is 1. The summed E-state index contributed by atoms with van der Waals surface area (Å²) in [6.07, 6.45) is 0. The van der Waals surface area contributed by atoms with Crippen LogP contribution in [0.3, 0.4) is 0 Å². The number of thiophene rings is 1. The molecule has 3 heterocycles. The summed E-state index contributed by atoms with van der Waals surface area (Å²) in [4.78, 5) is 21.2. The number of aromatic nitrogens is 1. The lowest BCUT2D eigenvalue weighted by Crippen LogP contribution is -2.48. The molecular formula is C18H18FN3OS. The maximum absolute atomic E-state index is 13.8. The number of aromatic amines is 1. The molecule has 1 aromatic carbocycles. The first-order valence-electron chi connectivity index (χ1n) is 8.02. The number of fused-ring (bicyclic) bond motifs is 1. The van der Waals surface area contributed by atoms with E-state index in [0.717, 1.165) is 19.6 Å². The molecule has 4 nitrogen and oxygen atoms in total. The van der Waals surface area contributed by atoms with Crippen molar-refractivity contribution in [3.63, 3.8) is 0 Å². The SMILES string of the molecule is O=C(c1cc2c(F)cccc2[nH]1)N1CCN(Cc2cccs2)CC1. The fourth-order valence-corrected chi connectivity index (χ4v) is 3.88. The van der Waals surface area contributed by atoms with Crippen molar-refractivity contribution in [2.75, 3.05) is 26.2 Å². The Morgan fingerprint density at radius 1 is 1.17 bits per heavy atom. The average Bonchev–Trinajstić information content (AvgIpc) is 3.25. The van der Waals surface area contributed by atoms with Gasteiger partial charge in [-0.2, -0.15) is 0 Å². The van der Waals surface area contributed by atoms with Crippen molar-refractivity contribution in [3.05, 3.63) is 58.2 Å². The fourth-order valence-electron chi connectivity index (χ4n) is 3.14. The zero-order valence-electron chi connectivity index (χ0n) is 13.2. The molecular weight excluding hydrogens is 325 g/mol. The van der Waals surface area contributed by atoms with Gasteiger partial charge in [0.1, 0.15) is 11.5 Å². The van der Waals surface area contributed by atoms with Gasteiger partial charge in [-0.05, 0) is 29.6 Å². The fraction of sp³-hybridized carbons (Fsp3) is 0.278. The largest absolute Gasteiger partial charge is 0.350 e. The van der Waals surface area contributed by atoms with Crippen LogP contribution in [-0.2, 0) is 6.54 Å². The Labute approximate surface area is 143 Å². The number of nitrogens with one attached hydrogen (secondary N) is 1. The summed E-state index contributed by atoms with van der Waals surface area (Å²) in [7, 11) is 0. The minimum atomic E-state index is -0.302. The molecule has 6 heteroatoms. The van der Waals surface area contributed by atoms with E-state index >= 15 is 0 Å². The number of amides is 1. The predicted molar refractivity (Wildman–Crippen MR) is 93.8 cm³/mol. The van der Waals surface area contributed by atoms with Crippen molar-refractivity contribution in [1.82, 2.24) is 14.8 Å². The molecule has 0 bridgehead atoms. The molecule has 0 spiro atoms. The highest BCUT2D eigenvalue weighted by atomic mass is 32.1. The molecule has 0 atom stereocenters. The van der Waals surface area contributed by atoms with Crippen molar-refractivity contribution < 1.29 is 9.18 Å². The van der Waals surface area contributed by atoms with Crippen LogP contribution in [0.15, 0.2) is 41.8 Å². The number of nitrogens with zero attached hydrogens (tertiary/aromatic N) is 2. The molecule has 2 aromatic heterocycles. The number of piperazine rings is 1. The third-order valence-electron chi connectivity index (χ3n) is 4.46. The van der Waals surface area contributed by atoms with E-state index in [1.54, 1.807) is 29.5 Å². The van der Waals surface area contributed by atoms with Crippen molar-refractivity contribution in [1.29, 1.82) is 0 Å². The number of hydrogen-bond acceptors (Lipinski definition) is 3. The Kier molecular flexibility index (Phi) is 4.08. The molecule has 1 fully saturated rings. The smallest absolute Gasteiger partial charge is 0.270 e. The molecule has 1 aliphatic rings. The van der Waals surface area contributed by atoms with Gasteiger partial charge in [0.25, 0.3) is 5.91 Å². The molecule has 1 aliphatic heterocycles. The second-order valence-corrected chi connectivity index (χ2v) is 7.06. The molecule has 24 heavy (non-hydrogen) atoms. The number of benzene rings is 1. The van der Waals surface area contributed by atoms with Gasteiger partial charge in [0.15, 0.2) is 0 Å². The predicted octanol–water partition coefficient (Wildman–Crippen LogP) is 3.33. The van der Waals surface area contributed by atoms with Crippen LogP contribution >= 0.6 is 11.3 Å². The molecule has 0 radical (unpaired) electrons. The quantitative estimate of drug-likeness (QED) is 0.792. The van der Waals surface area contributed by atoms with E-state index in [-0.39, 0.29) is 11.7 Å². The molecule has 1 amide bonds. The summed E-state index contributed by atoms with van der Waals surface area (Å²) in [5.74, 6) is -0.357. The third-order valence-corrected chi connectivity index (χ3v) is 5.32. The number of hydrogen-bond donors (Lipinski definition) is 1. The van der Waals surface area contributed by atoms with Gasteiger partial charge in [-0.3, -0.25) is 9.69 Å². The van der Waals surface area contributed by atoms with E-state index in [1.807, 2.05) is 4.90 Å². The van der Waals surface area contributed by atoms with Crippen LogP contribution in [0.25, 0.3) is 10.9 Å². The molecule has 4 rings (SSSR count). The van der Waals surface area contributed by atoms with Crippen molar-refractivity contribution in [2.24, 2.45) is 0 Å². The first kappa shape index (κ1) is 15.4. The van der Waals surface area contributed by atoms with Crippen molar-refractivity contribution >= 4 is 28.1 Å². The van der Waals surface area contributed by atoms with Gasteiger partial charge in [-0.15, -0.1) is 11.3 Å². The van der Waals surface area contributed by atoms with E-state index in [2.05, 4.69) is 27.4 Å². The number of H-pyrrole nitrogens is 1. The van der Waals surface area contributed by atoms with Crippen LogP contribution in [0.2, 0.25) is 0 Å². The third kappa shape index (κ3) is 2.95. The monoisotopic (exact) mass is 343 g/mol. The maximum Gasteiger partial charge on any atom is 0.270 e. The van der Waals surface area contributed by atoms with Crippen molar-refractivity contribution in [2.45, 2.75) is 6.54 Å². The van der Waals surface area contributed by atoms with Gasteiger partial charge in [0, 0.05) is 48.5 Å². The van der Waals surface area contributed by atoms with Gasteiger partial charge in [0.05, 0.1) is 0 Å². The molecule has 0 unspecified atom stereocenters. The summed E-state index contributed by atoms with van der Waals surface area (Å²) < 4.78 is 13.8. The minimum absolute atomic E-state index is 0.0543. The maximum atomic E-state index is 13.8. The van der Waals surface area contributed by atoms with Crippen LogP contribution in [0.5, 0.6) is 0 Å². The van der Waals surface area contributed by atoms with Crippen LogP contribution in [0, 0.1) is 5.82 Å². The van der Waals surface area contributed by atoms with Gasteiger partial charge >= 0.3 is 0 Å². The van der Waals surface area contributed by atoms with E-state index in [4.69, 9.17) is 0 Å². The van der Waals surface area contributed by atoms with E-state index in [9.17, 15) is 9.18 Å². The van der Waals surface area contributed by atoms with E-state index < -0.39 is 0 Å². The van der Waals surface area contributed by atoms with Crippen LogP contribution in [-0.4, -0.2) is 46.9 Å². The van der Waals surface area contributed by atoms with Crippen LogP contribution in [0.1, 0.15) is 15.4 Å². The lowest BCUT2D eigenvalue weighted by molar-refractivity contribution is 0.0625. The highest BCUT2D eigenvalue weighted by molar-refractivity contribution is 7.09. The van der Waals surface area contributed by atoms with Crippen LogP contribution < -0.4 is 0 Å². The minimum Gasteiger partial charge on any atom is -0.350 e. The Morgan fingerprint density at radius 2 is 2.00 bits per heavy atom. The van der Waals surface area contributed by atoms with Gasteiger partial charge in [0.2, 0.25) is 0 Å². The van der Waals surface area contributed by atoms with E-state index in [0.29, 0.717) is 29.7 Å². The molecule has 124 valence electrons. The highest BCUT2D eigenvalue weighted by Gasteiger charge is 2.23. The first-order valence-corrected chi connectivity index (χ1v) is 8.90. The number of carbonyl (C=O) groups excluding carboxylic acids is 1. The topological polar surface area (TPSA) is 39.3 Å². The lowest BCUT2D eigenvalue weighted by atomic mass is 10.2. The molecule has 1 saturated heterocycles. The molecule has 0 saturated carbocycles. The summed E-state index contributed by atoms with van der Waals surface area (Å²) in [5, 5.41) is 2.56. The van der Waals surface area contributed by atoms with E-state index in [1.165, 1.54) is 10.9 Å². The highest BCUT2D eigenvalue weighted by Crippen LogP contribution is 2.20. The second kappa shape index (κ2) is 6.37. The normalized spacial score (nSPS) is 16.0. The summed E-state index contributed by atoms with van der Waals surface area (Å²) in [5.41, 5.74) is 1.12. The Morgan fingerprint density at radius 3 is 2.71 bits per heavy atom.